The van der Waals surface area contributed by atoms with E-state index < -0.39 is 0 Å². The lowest BCUT2D eigenvalue weighted by Crippen LogP contribution is -2.56. The highest BCUT2D eigenvalue weighted by molar-refractivity contribution is 5.93. The number of hydrogen-bond donors (Lipinski definition) is 1. The van der Waals surface area contributed by atoms with E-state index in [-0.39, 0.29) is 11.9 Å². The van der Waals surface area contributed by atoms with Crippen molar-refractivity contribution in [3.05, 3.63) is 23.9 Å². The Morgan fingerprint density at radius 2 is 2.26 bits per heavy atom. The Balaban J connectivity index is 1.79. The van der Waals surface area contributed by atoms with Crippen LogP contribution in [-0.2, 0) is 0 Å². The van der Waals surface area contributed by atoms with Crippen molar-refractivity contribution in [3.63, 3.8) is 0 Å². The maximum Gasteiger partial charge on any atom is 0.272 e. The van der Waals surface area contributed by atoms with Crippen molar-refractivity contribution in [1.29, 1.82) is 0 Å². The summed E-state index contributed by atoms with van der Waals surface area (Å²) in [6.45, 7) is 5.07. The van der Waals surface area contributed by atoms with Crippen LogP contribution in [0.2, 0.25) is 0 Å². The van der Waals surface area contributed by atoms with Gasteiger partial charge in [-0.05, 0) is 38.4 Å². The van der Waals surface area contributed by atoms with Crippen molar-refractivity contribution in [2.75, 3.05) is 25.4 Å². The van der Waals surface area contributed by atoms with E-state index in [1.165, 1.54) is 19.4 Å². The molecule has 3 rings (SSSR count). The lowest BCUT2D eigenvalue weighted by atomic mass is 10.1. The Hall–Kier alpha value is -1.62. The highest BCUT2D eigenvalue weighted by atomic mass is 16.2. The Labute approximate surface area is 113 Å². The summed E-state index contributed by atoms with van der Waals surface area (Å²) in [5, 5.41) is 0. The zero-order valence-electron chi connectivity index (χ0n) is 11.2. The number of carbonyl (C=O) groups is 1. The zero-order chi connectivity index (χ0) is 13.4. The number of aromatic nitrogens is 1. The average Bonchev–Trinajstić information content (AvgIpc) is 2.84. The van der Waals surface area contributed by atoms with Crippen LogP contribution in [0.4, 0.5) is 5.82 Å². The van der Waals surface area contributed by atoms with Crippen LogP contribution in [0.25, 0.3) is 0 Å². The number of hydrogen-bond acceptors (Lipinski definition) is 4. The number of piperazine rings is 1. The Bertz CT molecular complexity index is 490. The van der Waals surface area contributed by atoms with E-state index in [4.69, 9.17) is 5.73 Å². The molecule has 5 heteroatoms. The van der Waals surface area contributed by atoms with E-state index in [1.54, 1.807) is 18.2 Å². The van der Waals surface area contributed by atoms with Gasteiger partial charge in [0.1, 0.15) is 11.5 Å². The van der Waals surface area contributed by atoms with Gasteiger partial charge < -0.3 is 10.6 Å². The second-order valence-electron chi connectivity index (χ2n) is 5.55. The minimum absolute atomic E-state index is 0.00588. The molecule has 19 heavy (non-hydrogen) atoms. The van der Waals surface area contributed by atoms with Crippen LogP contribution in [0, 0.1) is 0 Å². The van der Waals surface area contributed by atoms with Gasteiger partial charge in [-0.2, -0.15) is 0 Å². The number of nitrogens with zero attached hydrogens (tertiary/aromatic N) is 3. The first-order valence-electron chi connectivity index (χ1n) is 6.92. The smallest absolute Gasteiger partial charge is 0.272 e. The number of amides is 1. The number of pyridine rings is 1. The van der Waals surface area contributed by atoms with Gasteiger partial charge in [-0.15, -0.1) is 0 Å². The Morgan fingerprint density at radius 1 is 1.42 bits per heavy atom. The van der Waals surface area contributed by atoms with Crippen molar-refractivity contribution in [3.8, 4) is 0 Å². The van der Waals surface area contributed by atoms with E-state index in [0.717, 1.165) is 13.1 Å². The third-order valence-corrected chi connectivity index (χ3v) is 4.19. The number of carbonyl (C=O) groups excluding carboxylic acids is 1. The lowest BCUT2D eigenvalue weighted by Gasteiger charge is -2.42. The lowest BCUT2D eigenvalue weighted by molar-refractivity contribution is 0.0390. The van der Waals surface area contributed by atoms with Crippen molar-refractivity contribution in [2.45, 2.75) is 31.8 Å². The largest absolute Gasteiger partial charge is 0.384 e. The third-order valence-electron chi connectivity index (χ3n) is 4.19. The molecule has 0 saturated carbocycles. The Morgan fingerprint density at radius 3 is 3.05 bits per heavy atom. The van der Waals surface area contributed by atoms with Crippen molar-refractivity contribution >= 4 is 11.7 Å². The predicted molar refractivity (Wildman–Crippen MR) is 73.7 cm³/mol. The molecule has 3 heterocycles. The number of nitrogen functional groups attached to an aromatic ring is 1. The molecule has 0 radical (unpaired) electrons. The van der Waals surface area contributed by atoms with Crippen molar-refractivity contribution in [2.24, 2.45) is 0 Å². The fraction of sp³-hybridized carbons (Fsp3) is 0.571. The van der Waals surface area contributed by atoms with E-state index >= 15 is 0 Å². The van der Waals surface area contributed by atoms with Crippen LogP contribution in [0.5, 0.6) is 0 Å². The molecule has 0 aromatic carbocycles. The summed E-state index contributed by atoms with van der Waals surface area (Å²) < 4.78 is 0. The summed E-state index contributed by atoms with van der Waals surface area (Å²) in [6, 6.07) is 6.00. The summed E-state index contributed by atoms with van der Waals surface area (Å²) in [4.78, 5) is 21.1. The highest BCUT2D eigenvalue weighted by Crippen LogP contribution is 2.25. The van der Waals surface area contributed by atoms with Crippen LogP contribution >= 0.6 is 0 Å². The van der Waals surface area contributed by atoms with Gasteiger partial charge in [0, 0.05) is 25.2 Å². The number of anilines is 1. The highest BCUT2D eigenvalue weighted by Gasteiger charge is 2.36. The molecule has 0 bridgehead atoms. The van der Waals surface area contributed by atoms with E-state index in [2.05, 4.69) is 16.8 Å². The molecule has 2 aliphatic heterocycles. The molecule has 2 aliphatic rings. The molecule has 0 spiro atoms. The second kappa shape index (κ2) is 4.81. The number of fused-ring (bicyclic) bond motifs is 1. The number of rotatable bonds is 1. The maximum atomic E-state index is 12.5. The molecular weight excluding hydrogens is 240 g/mol. The van der Waals surface area contributed by atoms with Gasteiger partial charge in [0.2, 0.25) is 0 Å². The van der Waals surface area contributed by atoms with Gasteiger partial charge in [0.15, 0.2) is 0 Å². The fourth-order valence-corrected chi connectivity index (χ4v) is 3.19. The van der Waals surface area contributed by atoms with Gasteiger partial charge in [0.25, 0.3) is 5.91 Å². The van der Waals surface area contributed by atoms with Crippen LogP contribution < -0.4 is 5.73 Å². The van der Waals surface area contributed by atoms with E-state index in [1.807, 2.05) is 4.90 Å². The minimum atomic E-state index is 0.00588. The second-order valence-corrected chi connectivity index (χ2v) is 5.55. The molecule has 2 N–H and O–H groups in total. The van der Waals surface area contributed by atoms with Gasteiger partial charge >= 0.3 is 0 Å². The van der Waals surface area contributed by atoms with Gasteiger partial charge in [-0.3, -0.25) is 9.69 Å². The molecule has 0 unspecified atom stereocenters. The minimum Gasteiger partial charge on any atom is -0.384 e. The summed E-state index contributed by atoms with van der Waals surface area (Å²) in [7, 11) is 0. The molecule has 5 nitrogen and oxygen atoms in total. The molecule has 1 aromatic rings. The molecule has 2 saturated heterocycles. The molecule has 2 fully saturated rings. The summed E-state index contributed by atoms with van der Waals surface area (Å²) >= 11 is 0. The quantitative estimate of drug-likeness (QED) is 0.817. The Kier molecular flexibility index (Phi) is 3.14. The fourth-order valence-electron chi connectivity index (χ4n) is 3.19. The molecule has 2 atom stereocenters. The monoisotopic (exact) mass is 260 g/mol. The van der Waals surface area contributed by atoms with Gasteiger partial charge in [-0.1, -0.05) is 6.07 Å². The maximum absolute atomic E-state index is 12.5. The first kappa shape index (κ1) is 12.4. The predicted octanol–water partition coefficient (Wildman–Crippen LogP) is 0.972. The molecule has 1 amide bonds. The van der Waals surface area contributed by atoms with E-state index in [9.17, 15) is 4.79 Å². The third kappa shape index (κ3) is 2.30. The molecular formula is C14H20N4O. The first-order valence-corrected chi connectivity index (χ1v) is 6.92. The molecule has 0 aliphatic carbocycles. The van der Waals surface area contributed by atoms with Gasteiger partial charge in [0.05, 0.1) is 0 Å². The summed E-state index contributed by atoms with van der Waals surface area (Å²) in [5.74, 6) is 0.407. The standard InChI is InChI=1S/C14H20N4O/c1-10-8-17-7-3-4-11(17)9-18(10)14(19)12-5-2-6-13(15)16-12/h2,5-6,10-11H,3-4,7-9H2,1H3,(H2,15,16)/t10-,11-/m0/s1. The number of nitrogens with two attached hydrogens (primary N) is 1. The van der Waals surface area contributed by atoms with Crippen molar-refractivity contribution < 1.29 is 4.79 Å². The average molecular weight is 260 g/mol. The van der Waals surface area contributed by atoms with Crippen LogP contribution in [0.3, 0.4) is 0 Å². The van der Waals surface area contributed by atoms with Crippen LogP contribution in [0.1, 0.15) is 30.3 Å². The van der Waals surface area contributed by atoms with Crippen LogP contribution in [-0.4, -0.2) is 52.4 Å². The van der Waals surface area contributed by atoms with Crippen molar-refractivity contribution in [1.82, 2.24) is 14.8 Å². The normalized spacial score (nSPS) is 27.3. The summed E-state index contributed by atoms with van der Waals surface area (Å²) in [6.07, 6.45) is 2.44. The summed E-state index contributed by atoms with van der Waals surface area (Å²) in [5.41, 5.74) is 6.11. The molecule has 102 valence electrons. The first-order chi connectivity index (χ1) is 9.15. The zero-order valence-corrected chi connectivity index (χ0v) is 11.2. The molecule has 1 aromatic heterocycles. The topological polar surface area (TPSA) is 62.5 Å². The van der Waals surface area contributed by atoms with Gasteiger partial charge in [-0.25, -0.2) is 4.98 Å². The van der Waals surface area contributed by atoms with E-state index in [0.29, 0.717) is 17.6 Å². The SMILES string of the molecule is C[C@H]1CN2CCC[C@H]2CN1C(=O)c1cccc(N)n1. The van der Waals surface area contributed by atoms with Crippen LogP contribution in [0.15, 0.2) is 18.2 Å².